The number of aromatic nitrogens is 2. The summed E-state index contributed by atoms with van der Waals surface area (Å²) >= 11 is 0. The van der Waals surface area contributed by atoms with Crippen LogP contribution in [-0.2, 0) is 22.3 Å². The van der Waals surface area contributed by atoms with Crippen LogP contribution in [0, 0.1) is 0 Å². The van der Waals surface area contributed by atoms with Gasteiger partial charge in [-0.3, -0.25) is 9.00 Å². The molecule has 6 nitrogen and oxygen atoms in total. The van der Waals surface area contributed by atoms with E-state index in [4.69, 9.17) is 4.74 Å². The highest BCUT2D eigenvalue weighted by molar-refractivity contribution is 7.83. The van der Waals surface area contributed by atoms with Gasteiger partial charge in [0.15, 0.2) is 0 Å². The molecule has 1 atom stereocenters. The summed E-state index contributed by atoms with van der Waals surface area (Å²) in [7, 11) is -0.975. The van der Waals surface area contributed by atoms with E-state index in [1.807, 2.05) is 44.2 Å². The molecule has 1 N–H and O–H groups in total. The number of benzene rings is 2. The first-order valence-electron chi connectivity index (χ1n) is 9.10. The van der Waals surface area contributed by atoms with Crippen molar-refractivity contribution in [2.24, 2.45) is 0 Å². The number of carbonyl (C=O) groups excluding carboxylic acids is 1. The molecule has 28 heavy (non-hydrogen) atoms. The maximum atomic E-state index is 12.8. The highest BCUT2D eigenvalue weighted by Crippen LogP contribution is 2.31. The summed E-state index contributed by atoms with van der Waals surface area (Å²) in [5.41, 5.74) is 2.98. The highest BCUT2D eigenvalue weighted by Gasteiger charge is 2.28. The molecule has 4 rings (SSSR count). The van der Waals surface area contributed by atoms with Crippen molar-refractivity contribution >= 4 is 22.5 Å². The molecule has 0 bridgehead atoms. The first-order chi connectivity index (χ1) is 13.5. The molecule has 1 aliphatic heterocycles. The van der Waals surface area contributed by atoms with E-state index in [9.17, 15) is 9.00 Å². The van der Waals surface area contributed by atoms with Gasteiger partial charge in [0, 0.05) is 21.9 Å². The first kappa shape index (κ1) is 18.4. The van der Waals surface area contributed by atoms with Gasteiger partial charge in [0.05, 0.1) is 29.0 Å². The molecule has 0 saturated heterocycles. The van der Waals surface area contributed by atoms with Crippen LogP contribution < -0.4 is 10.1 Å². The second-order valence-corrected chi connectivity index (χ2v) is 8.35. The van der Waals surface area contributed by atoms with Gasteiger partial charge in [0.1, 0.15) is 11.6 Å². The molecule has 1 aliphatic rings. The third-order valence-electron chi connectivity index (χ3n) is 4.39. The van der Waals surface area contributed by atoms with Crippen LogP contribution >= 0.6 is 0 Å². The van der Waals surface area contributed by atoms with Crippen LogP contribution in [-0.4, -0.2) is 26.0 Å². The molecule has 0 aliphatic carbocycles. The summed E-state index contributed by atoms with van der Waals surface area (Å²) in [6.07, 6.45) is 0.0726. The zero-order valence-electron chi connectivity index (χ0n) is 15.7. The molecule has 1 amide bonds. The van der Waals surface area contributed by atoms with Gasteiger partial charge in [-0.15, -0.1) is 0 Å². The number of nitrogens with zero attached hydrogens (tertiary/aromatic N) is 2. The van der Waals surface area contributed by atoms with Crippen LogP contribution in [0.25, 0.3) is 5.69 Å². The minimum absolute atomic E-state index is 0.0726. The number of rotatable bonds is 5. The summed E-state index contributed by atoms with van der Waals surface area (Å²) in [4.78, 5) is 12.8. The summed E-state index contributed by atoms with van der Waals surface area (Å²) in [5.74, 6) is 1.88. The van der Waals surface area contributed by atoms with Crippen LogP contribution in [0.3, 0.4) is 0 Å². The maximum absolute atomic E-state index is 12.8. The number of ether oxygens (including phenoxy) is 1. The van der Waals surface area contributed by atoms with E-state index >= 15 is 0 Å². The monoisotopic (exact) mass is 395 g/mol. The third kappa shape index (κ3) is 3.71. The molecule has 144 valence electrons. The molecule has 1 unspecified atom stereocenters. The second kappa shape index (κ2) is 7.59. The number of nitrogens with one attached hydrogen (secondary N) is 1. The van der Waals surface area contributed by atoms with Gasteiger partial charge in [-0.1, -0.05) is 18.2 Å². The fourth-order valence-electron chi connectivity index (χ4n) is 3.15. The van der Waals surface area contributed by atoms with E-state index in [2.05, 4.69) is 10.4 Å². The number of anilines is 1. The Morgan fingerprint density at radius 2 is 1.82 bits per heavy atom. The van der Waals surface area contributed by atoms with Crippen LogP contribution in [0.5, 0.6) is 5.75 Å². The zero-order chi connectivity index (χ0) is 19.7. The molecule has 3 aromatic rings. The Morgan fingerprint density at radius 3 is 2.50 bits per heavy atom. The van der Waals surface area contributed by atoms with E-state index in [0.29, 0.717) is 22.9 Å². The van der Waals surface area contributed by atoms with Crippen LogP contribution in [0.2, 0.25) is 0 Å². The fourth-order valence-corrected chi connectivity index (χ4v) is 4.41. The zero-order valence-corrected chi connectivity index (χ0v) is 16.5. The Kier molecular flexibility index (Phi) is 5.00. The molecule has 0 spiro atoms. The molecule has 1 aromatic heterocycles. The van der Waals surface area contributed by atoms with Gasteiger partial charge in [-0.2, -0.15) is 5.10 Å². The van der Waals surface area contributed by atoms with Crippen molar-refractivity contribution in [2.75, 3.05) is 5.32 Å². The summed E-state index contributed by atoms with van der Waals surface area (Å²) in [6, 6.07) is 16.6. The smallest absolute Gasteiger partial charge is 0.256 e. The topological polar surface area (TPSA) is 73.2 Å². The Labute approximate surface area is 166 Å². The lowest BCUT2D eigenvalue weighted by atomic mass is 10.2. The Hall–Kier alpha value is -2.93. The largest absolute Gasteiger partial charge is 0.491 e. The summed E-state index contributed by atoms with van der Waals surface area (Å²) < 4.78 is 19.3. The number of amides is 1. The van der Waals surface area contributed by atoms with E-state index in [1.54, 1.807) is 28.9 Å². The predicted molar refractivity (Wildman–Crippen MR) is 109 cm³/mol. The molecule has 2 heterocycles. The van der Waals surface area contributed by atoms with Gasteiger partial charge in [0.25, 0.3) is 5.91 Å². The first-order valence-corrected chi connectivity index (χ1v) is 10.6. The molecule has 0 fully saturated rings. The van der Waals surface area contributed by atoms with Crippen molar-refractivity contribution < 1.29 is 13.7 Å². The van der Waals surface area contributed by atoms with Crippen molar-refractivity contribution in [3.63, 3.8) is 0 Å². The number of hydrogen-bond acceptors (Lipinski definition) is 4. The predicted octanol–water partition coefficient (Wildman–Crippen LogP) is 3.67. The normalized spacial score (nSPS) is 15.5. The lowest BCUT2D eigenvalue weighted by Gasteiger charge is -2.12. The third-order valence-corrected chi connectivity index (χ3v) is 5.60. The minimum atomic E-state index is -0.975. The van der Waals surface area contributed by atoms with Gasteiger partial charge >= 0.3 is 0 Å². The minimum Gasteiger partial charge on any atom is -0.491 e. The lowest BCUT2D eigenvalue weighted by molar-refractivity contribution is 0.102. The van der Waals surface area contributed by atoms with Crippen LogP contribution in [0.15, 0.2) is 54.6 Å². The van der Waals surface area contributed by atoms with Crippen molar-refractivity contribution in [1.82, 2.24) is 9.78 Å². The van der Waals surface area contributed by atoms with Gasteiger partial charge in [-0.25, -0.2) is 4.68 Å². The SMILES string of the molecule is CC(C)Oc1ccc(C(=O)Nc2c3c(nn2-c2ccccc2)CS(=O)C3)cc1. The average molecular weight is 395 g/mol. The van der Waals surface area contributed by atoms with Crippen molar-refractivity contribution in [2.45, 2.75) is 31.5 Å². The van der Waals surface area contributed by atoms with E-state index in [-0.39, 0.29) is 12.0 Å². The Morgan fingerprint density at radius 1 is 1.11 bits per heavy atom. The number of carbonyl (C=O) groups is 1. The molecule has 2 aromatic carbocycles. The summed E-state index contributed by atoms with van der Waals surface area (Å²) in [5, 5.41) is 7.57. The Bertz CT molecular complexity index is 1030. The van der Waals surface area contributed by atoms with Gasteiger partial charge in [-0.05, 0) is 50.2 Å². The van der Waals surface area contributed by atoms with E-state index in [1.165, 1.54) is 0 Å². The van der Waals surface area contributed by atoms with Gasteiger partial charge in [0.2, 0.25) is 0 Å². The fraction of sp³-hybridized carbons (Fsp3) is 0.238. The molecule has 7 heteroatoms. The maximum Gasteiger partial charge on any atom is 0.256 e. The number of para-hydroxylation sites is 1. The van der Waals surface area contributed by atoms with Gasteiger partial charge < -0.3 is 10.1 Å². The average Bonchev–Trinajstić information content (AvgIpc) is 3.19. The molecular weight excluding hydrogens is 374 g/mol. The Balaban J connectivity index is 1.64. The van der Waals surface area contributed by atoms with Crippen LogP contribution in [0.4, 0.5) is 5.82 Å². The summed E-state index contributed by atoms with van der Waals surface area (Å²) in [6.45, 7) is 3.91. The standard InChI is InChI=1S/C21H21N3O3S/c1-14(2)27-17-10-8-15(9-11-17)21(25)22-20-18-12-28(26)13-19(18)23-24(20)16-6-4-3-5-7-16/h3-11,14H,12-13H2,1-2H3,(H,22,25). The van der Waals surface area contributed by atoms with E-state index in [0.717, 1.165) is 22.7 Å². The van der Waals surface area contributed by atoms with Crippen molar-refractivity contribution in [3.8, 4) is 11.4 Å². The molecule has 0 saturated carbocycles. The van der Waals surface area contributed by atoms with Crippen LogP contribution in [0.1, 0.15) is 35.5 Å². The van der Waals surface area contributed by atoms with Crippen molar-refractivity contribution in [3.05, 3.63) is 71.4 Å². The highest BCUT2D eigenvalue weighted by atomic mass is 32.2. The lowest BCUT2D eigenvalue weighted by Crippen LogP contribution is -2.16. The second-order valence-electron chi connectivity index (χ2n) is 6.89. The number of hydrogen-bond donors (Lipinski definition) is 1. The van der Waals surface area contributed by atoms with E-state index < -0.39 is 10.8 Å². The van der Waals surface area contributed by atoms with Crippen molar-refractivity contribution in [1.29, 1.82) is 0 Å². The molecular formula is C21H21N3O3S. The quantitative estimate of drug-likeness (QED) is 0.715. The number of fused-ring (bicyclic) bond motifs is 1. The molecule has 0 radical (unpaired) electrons.